The number of nitrogens with zero attached hydrogens (tertiary/aromatic N) is 2. The fourth-order valence-corrected chi connectivity index (χ4v) is 4.00. The summed E-state index contributed by atoms with van der Waals surface area (Å²) in [6.07, 6.45) is 2.04. The summed E-state index contributed by atoms with van der Waals surface area (Å²) < 4.78 is 5.33. The highest BCUT2D eigenvalue weighted by Crippen LogP contribution is 2.32. The van der Waals surface area contributed by atoms with E-state index in [-0.39, 0.29) is 24.5 Å². The zero-order valence-corrected chi connectivity index (χ0v) is 15.8. The number of carbonyl (C=O) groups is 3. The van der Waals surface area contributed by atoms with Crippen molar-refractivity contribution in [3.05, 3.63) is 59.7 Å². The van der Waals surface area contributed by atoms with E-state index in [1.807, 2.05) is 31.2 Å². The summed E-state index contributed by atoms with van der Waals surface area (Å²) in [5, 5.41) is 0. The third kappa shape index (κ3) is 3.26. The summed E-state index contributed by atoms with van der Waals surface area (Å²) in [5.74, 6) is -0.844. The molecular weight excluding hydrogens is 356 g/mol. The molecule has 0 aliphatic carbocycles. The normalized spacial score (nSPS) is 18.3. The molecule has 2 aliphatic rings. The predicted octanol–water partition coefficient (Wildman–Crippen LogP) is 2.95. The predicted molar refractivity (Wildman–Crippen MR) is 105 cm³/mol. The van der Waals surface area contributed by atoms with Gasteiger partial charge in [-0.25, -0.2) is 4.79 Å². The Morgan fingerprint density at radius 3 is 2.54 bits per heavy atom. The van der Waals surface area contributed by atoms with Gasteiger partial charge in [0.1, 0.15) is 0 Å². The molecule has 2 amide bonds. The summed E-state index contributed by atoms with van der Waals surface area (Å²) in [7, 11) is 0. The van der Waals surface area contributed by atoms with Gasteiger partial charge in [0.2, 0.25) is 5.91 Å². The molecule has 1 saturated heterocycles. The minimum Gasteiger partial charge on any atom is -0.452 e. The molecule has 0 bridgehead atoms. The molecule has 1 fully saturated rings. The van der Waals surface area contributed by atoms with Gasteiger partial charge < -0.3 is 14.5 Å². The van der Waals surface area contributed by atoms with E-state index >= 15 is 0 Å². The minimum absolute atomic E-state index is 0.00109. The van der Waals surface area contributed by atoms with Gasteiger partial charge in [-0.05, 0) is 43.5 Å². The smallest absolute Gasteiger partial charge is 0.340 e. The number of amides is 2. The first kappa shape index (κ1) is 18.2. The molecule has 0 spiro atoms. The maximum atomic E-state index is 12.7. The van der Waals surface area contributed by atoms with Crippen LogP contribution in [0.25, 0.3) is 0 Å². The van der Waals surface area contributed by atoms with Gasteiger partial charge >= 0.3 is 5.97 Å². The number of hydrogen-bond donors (Lipinski definition) is 0. The van der Waals surface area contributed by atoms with Crippen LogP contribution in [0.2, 0.25) is 0 Å². The molecule has 2 aromatic carbocycles. The zero-order valence-electron chi connectivity index (χ0n) is 15.8. The molecule has 2 aromatic rings. The molecule has 0 aromatic heterocycles. The Bertz CT molecular complexity index is 940. The first-order valence-electron chi connectivity index (χ1n) is 9.52. The van der Waals surface area contributed by atoms with Crippen molar-refractivity contribution >= 4 is 29.2 Å². The van der Waals surface area contributed by atoms with Crippen LogP contribution >= 0.6 is 0 Å². The van der Waals surface area contributed by atoms with Crippen LogP contribution in [0.5, 0.6) is 0 Å². The molecule has 6 nitrogen and oxygen atoms in total. The van der Waals surface area contributed by atoms with Crippen LogP contribution in [-0.4, -0.2) is 37.0 Å². The lowest BCUT2D eigenvalue weighted by Gasteiger charge is -2.23. The summed E-state index contributed by atoms with van der Waals surface area (Å²) in [6, 6.07) is 14.7. The lowest BCUT2D eigenvalue weighted by Crippen LogP contribution is -2.38. The second-order valence-electron chi connectivity index (χ2n) is 7.19. The van der Waals surface area contributed by atoms with Gasteiger partial charge in [-0.3, -0.25) is 9.59 Å². The SMILES string of the molecule is C[C@H]1Cc2ccccc2N1C(=O)COC(=O)c1ccccc1N1CCCC1=O. The van der Waals surface area contributed by atoms with Crippen LogP contribution in [0.15, 0.2) is 48.5 Å². The second-order valence-corrected chi connectivity index (χ2v) is 7.19. The minimum atomic E-state index is -0.594. The Labute approximate surface area is 163 Å². The number of esters is 1. The first-order chi connectivity index (χ1) is 13.6. The molecule has 144 valence electrons. The highest BCUT2D eigenvalue weighted by molar-refractivity contribution is 6.04. The maximum absolute atomic E-state index is 12.7. The van der Waals surface area contributed by atoms with Crippen LogP contribution < -0.4 is 9.80 Å². The van der Waals surface area contributed by atoms with E-state index in [0.29, 0.717) is 24.2 Å². The number of carbonyl (C=O) groups excluding carboxylic acids is 3. The number of ether oxygens (including phenoxy) is 1. The number of benzene rings is 2. The largest absolute Gasteiger partial charge is 0.452 e. The lowest BCUT2D eigenvalue weighted by molar-refractivity contribution is -0.122. The molecular formula is C22H22N2O4. The number of rotatable bonds is 4. The first-order valence-corrected chi connectivity index (χ1v) is 9.52. The molecule has 0 saturated carbocycles. The van der Waals surface area contributed by atoms with E-state index in [2.05, 4.69) is 0 Å². The lowest BCUT2D eigenvalue weighted by atomic mass is 10.1. The molecule has 6 heteroatoms. The molecule has 4 rings (SSSR count). The molecule has 28 heavy (non-hydrogen) atoms. The van der Waals surface area contributed by atoms with Crippen molar-refractivity contribution in [2.45, 2.75) is 32.2 Å². The Kier molecular flexibility index (Phi) is 4.86. The van der Waals surface area contributed by atoms with Gasteiger partial charge in [-0.15, -0.1) is 0 Å². The molecule has 0 N–H and O–H groups in total. The van der Waals surface area contributed by atoms with Crippen molar-refractivity contribution in [2.24, 2.45) is 0 Å². The summed E-state index contributed by atoms with van der Waals surface area (Å²) in [5.41, 5.74) is 2.84. The third-order valence-electron chi connectivity index (χ3n) is 5.29. The van der Waals surface area contributed by atoms with Crippen LogP contribution in [0, 0.1) is 0 Å². The fraction of sp³-hybridized carbons (Fsp3) is 0.318. The number of anilines is 2. The summed E-state index contributed by atoms with van der Waals surface area (Å²) in [6.45, 7) is 2.23. The molecule has 2 heterocycles. The van der Waals surface area contributed by atoms with Crippen molar-refractivity contribution in [1.82, 2.24) is 0 Å². The van der Waals surface area contributed by atoms with Crippen LogP contribution in [0.1, 0.15) is 35.7 Å². The fourth-order valence-electron chi connectivity index (χ4n) is 4.00. The Morgan fingerprint density at radius 1 is 1.07 bits per heavy atom. The van der Waals surface area contributed by atoms with E-state index in [1.54, 1.807) is 34.1 Å². The van der Waals surface area contributed by atoms with E-state index in [1.165, 1.54) is 0 Å². The zero-order chi connectivity index (χ0) is 19.7. The maximum Gasteiger partial charge on any atom is 0.340 e. The Hall–Kier alpha value is -3.15. The van der Waals surface area contributed by atoms with Gasteiger partial charge in [0.25, 0.3) is 5.91 Å². The van der Waals surface area contributed by atoms with Crippen LogP contribution in [0.4, 0.5) is 11.4 Å². The molecule has 0 radical (unpaired) electrons. The van der Waals surface area contributed by atoms with Crippen molar-refractivity contribution < 1.29 is 19.1 Å². The second kappa shape index (κ2) is 7.46. The average Bonchev–Trinajstić information content (AvgIpc) is 3.27. The van der Waals surface area contributed by atoms with Crippen molar-refractivity contribution in [2.75, 3.05) is 23.0 Å². The van der Waals surface area contributed by atoms with E-state index < -0.39 is 5.97 Å². The monoisotopic (exact) mass is 378 g/mol. The van der Waals surface area contributed by atoms with Gasteiger partial charge in [0.05, 0.1) is 11.3 Å². The Balaban J connectivity index is 1.47. The number of para-hydroxylation sites is 2. The standard InChI is InChI=1S/C22H22N2O4/c1-15-13-16-7-2-4-9-18(16)24(15)21(26)14-28-22(27)17-8-3-5-10-19(17)23-12-6-11-20(23)25/h2-5,7-10,15H,6,11-14H2,1H3/t15-/m0/s1. The average molecular weight is 378 g/mol. The summed E-state index contributed by atoms with van der Waals surface area (Å²) >= 11 is 0. The van der Waals surface area contributed by atoms with Gasteiger partial charge in [-0.2, -0.15) is 0 Å². The summed E-state index contributed by atoms with van der Waals surface area (Å²) in [4.78, 5) is 40.7. The van der Waals surface area contributed by atoms with E-state index in [4.69, 9.17) is 4.74 Å². The Morgan fingerprint density at radius 2 is 1.79 bits per heavy atom. The van der Waals surface area contributed by atoms with E-state index in [9.17, 15) is 14.4 Å². The van der Waals surface area contributed by atoms with E-state index in [0.717, 1.165) is 24.1 Å². The van der Waals surface area contributed by atoms with Crippen LogP contribution in [-0.2, 0) is 20.7 Å². The van der Waals surface area contributed by atoms with Gasteiger partial charge in [0.15, 0.2) is 6.61 Å². The molecule has 0 unspecified atom stereocenters. The molecule has 2 aliphatic heterocycles. The quantitative estimate of drug-likeness (QED) is 0.767. The van der Waals surface area contributed by atoms with Crippen LogP contribution in [0.3, 0.4) is 0 Å². The number of fused-ring (bicyclic) bond motifs is 1. The number of hydrogen-bond acceptors (Lipinski definition) is 4. The van der Waals surface area contributed by atoms with Crippen molar-refractivity contribution in [3.63, 3.8) is 0 Å². The highest BCUT2D eigenvalue weighted by Gasteiger charge is 2.31. The molecule has 1 atom stereocenters. The third-order valence-corrected chi connectivity index (χ3v) is 5.29. The van der Waals surface area contributed by atoms with Gasteiger partial charge in [0, 0.05) is 24.7 Å². The van der Waals surface area contributed by atoms with Crippen molar-refractivity contribution in [1.29, 1.82) is 0 Å². The topological polar surface area (TPSA) is 66.9 Å². The van der Waals surface area contributed by atoms with Crippen molar-refractivity contribution in [3.8, 4) is 0 Å². The van der Waals surface area contributed by atoms with Gasteiger partial charge in [-0.1, -0.05) is 30.3 Å². The highest BCUT2D eigenvalue weighted by atomic mass is 16.5.